The van der Waals surface area contributed by atoms with Crippen molar-refractivity contribution in [3.8, 4) is 0 Å². The summed E-state index contributed by atoms with van der Waals surface area (Å²) in [6.07, 6.45) is 4.57. The molecular weight excluding hydrogens is 352 g/mol. The highest BCUT2D eigenvalue weighted by atomic mass is 19.1. The molecule has 4 rings (SSSR count). The van der Waals surface area contributed by atoms with Crippen LogP contribution in [0.1, 0.15) is 24.1 Å². The fourth-order valence-corrected chi connectivity index (χ4v) is 2.93. The van der Waals surface area contributed by atoms with E-state index in [-0.39, 0.29) is 24.0 Å². The minimum Gasteiger partial charge on any atom is -0.395 e. The molecule has 0 aliphatic heterocycles. The first kappa shape index (κ1) is 17.4. The number of hydrogen-bond donors (Lipinski definition) is 3. The summed E-state index contributed by atoms with van der Waals surface area (Å²) in [5.74, 6) is -1.31. The maximum absolute atomic E-state index is 14.3. The van der Waals surface area contributed by atoms with Gasteiger partial charge in [-0.05, 0) is 42.7 Å². The molecule has 7 heteroatoms. The van der Waals surface area contributed by atoms with Crippen molar-refractivity contribution >= 4 is 34.6 Å². The van der Waals surface area contributed by atoms with Gasteiger partial charge in [-0.2, -0.15) is 5.10 Å². The van der Waals surface area contributed by atoms with E-state index in [4.69, 9.17) is 0 Å². The van der Waals surface area contributed by atoms with Gasteiger partial charge in [0.05, 0.1) is 28.9 Å². The highest BCUT2D eigenvalue weighted by Crippen LogP contribution is 2.46. The number of carbonyl (C=O) groups is 1. The van der Waals surface area contributed by atoms with Gasteiger partial charge in [0.2, 0.25) is 5.91 Å². The van der Waals surface area contributed by atoms with Gasteiger partial charge in [-0.1, -0.05) is 18.2 Å². The predicted molar refractivity (Wildman–Crippen MR) is 98.8 cm³/mol. The summed E-state index contributed by atoms with van der Waals surface area (Å²) in [5.41, 5.74) is 0.924. The normalized spacial score (nSPS) is 15.4. The lowest BCUT2D eigenvalue weighted by Gasteiger charge is -2.13. The third-order valence-corrected chi connectivity index (χ3v) is 4.85. The van der Waals surface area contributed by atoms with E-state index < -0.39 is 11.2 Å². The molecule has 27 heavy (non-hydrogen) atoms. The van der Waals surface area contributed by atoms with Crippen LogP contribution in [0, 0.1) is 17.0 Å². The number of benzene rings is 2. The summed E-state index contributed by atoms with van der Waals surface area (Å²) in [6.45, 7) is -0.254. The number of aliphatic hydroxyl groups is 1. The van der Waals surface area contributed by atoms with Gasteiger partial charge in [0.15, 0.2) is 0 Å². The van der Waals surface area contributed by atoms with Crippen LogP contribution in [0.5, 0.6) is 0 Å². The monoisotopic (exact) mass is 369 g/mol. The Labute approximate surface area is 153 Å². The zero-order chi connectivity index (χ0) is 19.0. The molecule has 2 aromatic carbocycles. The van der Waals surface area contributed by atoms with Crippen molar-refractivity contribution in [1.82, 2.24) is 10.2 Å². The van der Waals surface area contributed by atoms with Crippen LogP contribution in [-0.4, -0.2) is 27.8 Å². The smallest absolute Gasteiger partial charge is 0.232 e. The lowest BCUT2D eigenvalue weighted by Crippen LogP contribution is -2.27. The summed E-state index contributed by atoms with van der Waals surface area (Å²) in [6, 6.07) is 8.87. The van der Waals surface area contributed by atoms with Crippen LogP contribution in [0.4, 0.5) is 14.5 Å². The van der Waals surface area contributed by atoms with Gasteiger partial charge >= 0.3 is 0 Å². The van der Waals surface area contributed by atoms with E-state index >= 15 is 0 Å². The molecule has 1 amide bonds. The zero-order valence-electron chi connectivity index (χ0n) is 14.3. The minimum absolute atomic E-state index is 0.0361. The number of aromatic amines is 1. The highest BCUT2D eigenvalue weighted by molar-refractivity contribution is 6.00. The molecule has 3 N–H and O–H groups in total. The molecule has 1 aromatic heterocycles. The highest BCUT2D eigenvalue weighted by Gasteiger charge is 2.49. The van der Waals surface area contributed by atoms with Gasteiger partial charge in [0, 0.05) is 11.5 Å². The number of anilines is 1. The molecular formula is C20H17F2N3O2. The molecule has 0 atom stereocenters. The Morgan fingerprint density at radius 1 is 1.26 bits per heavy atom. The van der Waals surface area contributed by atoms with E-state index in [2.05, 4.69) is 15.5 Å². The first-order chi connectivity index (χ1) is 13.0. The minimum atomic E-state index is -0.794. The Kier molecular flexibility index (Phi) is 4.24. The topological polar surface area (TPSA) is 78.0 Å². The van der Waals surface area contributed by atoms with Crippen molar-refractivity contribution in [2.24, 2.45) is 5.41 Å². The average molecular weight is 369 g/mol. The molecule has 1 heterocycles. The summed E-state index contributed by atoms with van der Waals surface area (Å²) in [7, 11) is 0. The molecule has 1 aliphatic carbocycles. The van der Waals surface area contributed by atoms with Crippen molar-refractivity contribution in [2.75, 3.05) is 11.9 Å². The van der Waals surface area contributed by atoms with E-state index in [0.717, 1.165) is 0 Å². The molecule has 0 spiro atoms. The number of hydrogen-bond acceptors (Lipinski definition) is 3. The van der Waals surface area contributed by atoms with Gasteiger partial charge in [-0.15, -0.1) is 0 Å². The van der Waals surface area contributed by atoms with E-state index in [9.17, 15) is 18.7 Å². The number of amides is 1. The summed E-state index contributed by atoms with van der Waals surface area (Å²) in [4.78, 5) is 12.3. The van der Waals surface area contributed by atoms with Crippen LogP contribution in [0.15, 0.2) is 36.4 Å². The van der Waals surface area contributed by atoms with Gasteiger partial charge in [0.1, 0.15) is 11.6 Å². The number of fused-ring (bicyclic) bond motifs is 1. The third kappa shape index (κ3) is 3.33. The van der Waals surface area contributed by atoms with Gasteiger partial charge in [0.25, 0.3) is 0 Å². The third-order valence-electron chi connectivity index (χ3n) is 4.85. The van der Waals surface area contributed by atoms with Crippen LogP contribution in [0.2, 0.25) is 0 Å². The van der Waals surface area contributed by atoms with Crippen LogP contribution in [0.25, 0.3) is 23.1 Å². The fraction of sp³-hybridized carbons (Fsp3) is 0.200. The summed E-state index contributed by atoms with van der Waals surface area (Å²) >= 11 is 0. The van der Waals surface area contributed by atoms with Crippen molar-refractivity contribution < 1.29 is 18.7 Å². The summed E-state index contributed by atoms with van der Waals surface area (Å²) in [5, 5.41) is 19.4. The lowest BCUT2D eigenvalue weighted by atomic mass is 10.1. The number of aliphatic hydroxyl groups excluding tert-OH is 1. The second kappa shape index (κ2) is 6.59. The molecule has 1 fully saturated rings. The zero-order valence-corrected chi connectivity index (χ0v) is 14.3. The first-order valence-electron chi connectivity index (χ1n) is 8.54. The maximum atomic E-state index is 14.3. The van der Waals surface area contributed by atoms with Crippen LogP contribution < -0.4 is 5.32 Å². The molecule has 0 unspecified atom stereocenters. The second-order valence-electron chi connectivity index (χ2n) is 6.77. The SMILES string of the molecule is O=C(Nc1cc2c(/C=C/c3cccc(F)c3)n[nH]c2cc1F)C1(CO)CC1. The molecule has 1 aliphatic rings. The van der Waals surface area contributed by atoms with Crippen molar-refractivity contribution in [3.05, 3.63) is 59.3 Å². The quantitative estimate of drug-likeness (QED) is 0.641. The molecule has 0 radical (unpaired) electrons. The van der Waals surface area contributed by atoms with E-state index in [1.54, 1.807) is 24.3 Å². The molecule has 138 valence electrons. The van der Waals surface area contributed by atoms with Crippen molar-refractivity contribution in [3.63, 3.8) is 0 Å². The predicted octanol–water partition coefficient (Wildman–Crippen LogP) is 3.72. The van der Waals surface area contributed by atoms with Crippen molar-refractivity contribution in [2.45, 2.75) is 12.8 Å². The number of carbonyl (C=O) groups excluding carboxylic acids is 1. The number of aromatic nitrogens is 2. The Hall–Kier alpha value is -3.06. The van der Waals surface area contributed by atoms with Gasteiger partial charge in [-0.3, -0.25) is 9.89 Å². The standard InChI is InChI=1S/C20H17F2N3O2/c21-13-3-1-2-12(8-13)4-5-16-14-9-18(15(22)10-17(14)25-24-16)23-19(27)20(11-26)6-7-20/h1-5,8-10,26H,6-7,11H2,(H,23,27)(H,24,25)/b5-4+. The molecule has 3 aromatic rings. The van der Waals surface area contributed by atoms with Crippen LogP contribution in [-0.2, 0) is 4.79 Å². The second-order valence-corrected chi connectivity index (χ2v) is 6.77. The van der Waals surface area contributed by atoms with E-state index in [0.29, 0.717) is 35.0 Å². The number of rotatable bonds is 5. The Bertz CT molecular complexity index is 1050. The molecule has 1 saturated carbocycles. The lowest BCUT2D eigenvalue weighted by molar-refractivity contribution is -0.122. The number of H-pyrrole nitrogens is 1. The van der Waals surface area contributed by atoms with Gasteiger partial charge < -0.3 is 10.4 Å². The largest absolute Gasteiger partial charge is 0.395 e. The summed E-state index contributed by atoms with van der Waals surface area (Å²) < 4.78 is 27.6. The fourth-order valence-electron chi connectivity index (χ4n) is 2.93. The Morgan fingerprint density at radius 3 is 2.78 bits per heavy atom. The van der Waals surface area contributed by atoms with Crippen molar-refractivity contribution in [1.29, 1.82) is 0 Å². The molecule has 5 nitrogen and oxygen atoms in total. The average Bonchev–Trinajstić information content (AvgIpc) is 3.37. The van der Waals surface area contributed by atoms with Crippen LogP contribution in [0.3, 0.4) is 0 Å². The molecule has 0 bridgehead atoms. The number of nitrogens with one attached hydrogen (secondary N) is 2. The van der Waals surface area contributed by atoms with E-state index in [1.807, 2.05) is 0 Å². The van der Waals surface area contributed by atoms with E-state index in [1.165, 1.54) is 24.3 Å². The number of halogens is 2. The van der Waals surface area contributed by atoms with Gasteiger partial charge in [-0.25, -0.2) is 8.78 Å². The number of nitrogens with zero attached hydrogens (tertiary/aromatic N) is 1. The molecule has 0 saturated heterocycles. The first-order valence-corrected chi connectivity index (χ1v) is 8.54. The maximum Gasteiger partial charge on any atom is 0.232 e. The Balaban J connectivity index is 1.64. The van der Waals surface area contributed by atoms with Crippen LogP contribution >= 0.6 is 0 Å². The Morgan fingerprint density at radius 2 is 2.07 bits per heavy atom.